The first-order chi connectivity index (χ1) is 21.5. The minimum absolute atomic E-state index is 0.00319. The fraction of sp³-hybridized carbons (Fsp3) is 0.394. The number of methoxy groups -OCH3 is 3. The van der Waals surface area contributed by atoms with Crippen LogP contribution >= 0.6 is 11.3 Å². The van der Waals surface area contributed by atoms with Crippen LogP contribution < -0.4 is 20.1 Å². The van der Waals surface area contributed by atoms with Crippen molar-refractivity contribution in [3.63, 3.8) is 0 Å². The molecule has 0 spiro atoms. The summed E-state index contributed by atoms with van der Waals surface area (Å²) in [5.74, 6) is -1.35. The monoisotopic (exact) mass is 642 g/mol. The van der Waals surface area contributed by atoms with Crippen molar-refractivity contribution in [2.24, 2.45) is 11.8 Å². The number of hydrogen-bond donors (Lipinski definition) is 2. The summed E-state index contributed by atoms with van der Waals surface area (Å²) >= 11 is 1.34. The summed E-state index contributed by atoms with van der Waals surface area (Å²) in [6.45, 7) is 9.57. The van der Waals surface area contributed by atoms with Gasteiger partial charge in [-0.3, -0.25) is 9.59 Å². The predicted molar refractivity (Wildman–Crippen MR) is 174 cm³/mol. The van der Waals surface area contributed by atoms with Gasteiger partial charge >= 0.3 is 0 Å². The molecular weight excluding hydrogens is 602 g/mol. The molecule has 4 aromatic rings. The number of rotatable bonds is 12. The number of amides is 2. The normalized spacial score (nSPS) is 12.1. The largest absolute Gasteiger partial charge is 0.496 e. The van der Waals surface area contributed by atoms with Gasteiger partial charge in [-0.2, -0.15) is 0 Å². The third kappa shape index (κ3) is 9.66. The summed E-state index contributed by atoms with van der Waals surface area (Å²) in [5, 5.41) is 5.94. The zero-order valence-corrected chi connectivity index (χ0v) is 27.4. The number of anilines is 2. The van der Waals surface area contributed by atoms with Crippen molar-refractivity contribution in [3.8, 4) is 11.6 Å². The molecule has 45 heavy (non-hydrogen) atoms. The van der Waals surface area contributed by atoms with E-state index in [0.717, 1.165) is 35.6 Å². The molecule has 0 bridgehead atoms. The summed E-state index contributed by atoms with van der Waals surface area (Å²) in [4.78, 5) is 34.7. The average molecular weight is 643 g/mol. The molecule has 2 amide bonds. The summed E-state index contributed by atoms with van der Waals surface area (Å²) in [6, 6.07) is 7.67. The number of carbonyl (C=O) groups excluding carboxylic acids is 2. The van der Waals surface area contributed by atoms with Crippen molar-refractivity contribution < 1.29 is 32.6 Å². The Labute approximate surface area is 266 Å². The smallest absolute Gasteiger partial charge is 0.261 e. The van der Waals surface area contributed by atoms with E-state index in [-0.39, 0.29) is 28.4 Å². The van der Waals surface area contributed by atoms with E-state index in [2.05, 4.69) is 41.4 Å². The zero-order chi connectivity index (χ0) is 33.1. The lowest BCUT2D eigenvalue weighted by atomic mass is 9.94. The van der Waals surface area contributed by atoms with Gasteiger partial charge in [-0.25, -0.2) is 18.7 Å². The second kappa shape index (κ2) is 16.8. The van der Waals surface area contributed by atoms with Crippen LogP contribution in [0.15, 0.2) is 42.6 Å². The van der Waals surface area contributed by atoms with E-state index in [9.17, 15) is 18.4 Å². The first-order valence-corrected chi connectivity index (χ1v) is 15.4. The highest BCUT2D eigenvalue weighted by Crippen LogP contribution is 2.33. The van der Waals surface area contributed by atoms with Crippen LogP contribution in [0.2, 0.25) is 0 Å². The summed E-state index contributed by atoms with van der Waals surface area (Å²) < 4.78 is 43.0. The Morgan fingerprint density at radius 1 is 0.956 bits per heavy atom. The Morgan fingerprint density at radius 3 is 2.36 bits per heavy atom. The van der Waals surface area contributed by atoms with E-state index in [0.29, 0.717) is 16.0 Å². The van der Waals surface area contributed by atoms with E-state index in [1.807, 2.05) is 6.92 Å². The third-order valence-electron chi connectivity index (χ3n) is 6.87. The lowest BCUT2D eigenvalue weighted by Crippen LogP contribution is -2.19. The number of fused-ring (bicyclic) bond motifs is 1. The Balaban J connectivity index is 0.000000430. The van der Waals surface area contributed by atoms with Gasteiger partial charge in [0.25, 0.3) is 11.8 Å². The number of nitrogens with one attached hydrogen (secondary N) is 2. The molecule has 0 aliphatic heterocycles. The summed E-state index contributed by atoms with van der Waals surface area (Å²) in [7, 11) is 4.60. The molecule has 0 radical (unpaired) electrons. The zero-order valence-electron chi connectivity index (χ0n) is 26.6. The van der Waals surface area contributed by atoms with Crippen LogP contribution in [-0.4, -0.2) is 49.7 Å². The highest BCUT2D eigenvalue weighted by Gasteiger charge is 2.22. The maximum Gasteiger partial charge on any atom is 0.261 e. The number of nitrogens with zero attached hydrogens (tertiary/aromatic N) is 2. The minimum Gasteiger partial charge on any atom is -0.496 e. The Morgan fingerprint density at radius 2 is 1.71 bits per heavy atom. The fourth-order valence-electron chi connectivity index (χ4n) is 4.91. The average Bonchev–Trinajstić information content (AvgIpc) is 3.39. The Kier molecular flexibility index (Phi) is 13.2. The van der Waals surface area contributed by atoms with E-state index in [1.54, 1.807) is 19.2 Å². The molecule has 9 nitrogen and oxygen atoms in total. The maximum atomic E-state index is 13.6. The van der Waals surface area contributed by atoms with E-state index >= 15 is 0 Å². The highest BCUT2D eigenvalue weighted by atomic mass is 32.1. The molecule has 0 aliphatic carbocycles. The molecule has 2 aromatic carbocycles. The van der Waals surface area contributed by atoms with Gasteiger partial charge in [-0.05, 0) is 49.4 Å². The number of aryl methyl sites for hydroxylation is 1. The van der Waals surface area contributed by atoms with Gasteiger partial charge in [-0.1, -0.05) is 33.6 Å². The maximum absolute atomic E-state index is 13.6. The van der Waals surface area contributed by atoms with Gasteiger partial charge in [0.15, 0.2) is 11.6 Å². The van der Waals surface area contributed by atoms with Gasteiger partial charge < -0.3 is 24.8 Å². The second-order valence-electron chi connectivity index (χ2n) is 10.7. The molecule has 2 aromatic heterocycles. The van der Waals surface area contributed by atoms with Crippen LogP contribution in [-0.2, 0) is 4.74 Å². The van der Waals surface area contributed by atoms with Gasteiger partial charge in [0.05, 0.1) is 46.9 Å². The molecule has 0 saturated carbocycles. The lowest BCUT2D eigenvalue weighted by Gasteiger charge is -2.15. The number of ether oxygens (including phenoxy) is 3. The standard InChI is InChI=1S/C23H18F2N4O4S.C10H22O/c1-11-27-16-6-7-18(32-2)20(21(16)34-11)23(31)29-17-10-26-19(33-3)9-13(17)22(30)28-12-4-5-14(24)15(25)8-12;1-5-6-9(2)7-10(3)8-11-4/h4-10H,1-3H3,(H,28,30)(H,29,31);9-10H,5-8H2,1-4H3. The topological polar surface area (TPSA) is 112 Å². The van der Waals surface area contributed by atoms with Crippen molar-refractivity contribution in [2.75, 3.05) is 38.6 Å². The molecule has 0 fully saturated rings. The van der Waals surface area contributed by atoms with Crippen LogP contribution in [0.3, 0.4) is 0 Å². The van der Waals surface area contributed by atoms with E-state index < -0.39 is 23.4 Å². The highest BCUT2D eigenvalue weighted by molar-refractivity contribution is 7.19. The molecule has 0 saturated heterocycles. The molecule has 4 rings (SSSR count). The second-order valence-corrected chi connectivity index (χ2v) is 11.9. The van der Waals surface area contributed by atoms with Crippen LogP contribution in [0.5, 0.6) is 11.6 Å². The van der Waals surface area contributed by atoms with Gasteiger partial charge in [0, 0.05) is 31.5 Å². The molecular formula is C33H40F2N4O5S. The van der Waals surface area contributed by atoms with Gasteiger partial charge in [-0.15, -0.1) is 11.3 Å². The fourth-order valence-corrected chi connectivity index (χ4v) is 5.87. The van der Waals surface area contributed by atoms with Crippen LogP contribution in [0.4, 0.5) is 20.2 Å². The first-order valence-electron chi connectivity index (χ1n) is 14.6. The number of thiazole rings is 1. The molecule has 2 heterocycles. The van der Waals surface area contributed by atoms with Gasteiger partial charge in [0.1, 0.15) is 11.3 Å². The number of pyridine rings is 1. The SMILES string of the molecule is CCCC(C)CC(C)COC.COc1cc(C(=O)Nc2ccc(F)c(F)c2)c(NC(=O)c2c(OC)ccc3nc(C)sc23)cn1. The minimum atomic E-state index is -1.11. The first kappa shape index (κ1) is 35.3. The molecule has 12 heteroatoms. The van der Waals surface area contributed by atoms with Crippen molar-refractivity contribution in [2.45, 2.75) is 47.0 Å². The van der Waals surface area contributed by atoms with Crippen molar-refractivity contribution in [1.82, 2.24) is 9.97 Å². The van der Waals surface area contributed by atoms with E-state index in [4.69, 9.17) is 14.2 Å². The molecule has 2 N–H and O–H groups in total. The van der Waals surface area contributed by atoms with Crippen LogP contribution in [0.25, 0.3) is 10.2 Å². The van der Waals surface area contributed by atoms with Crippen LogP contribution in [0, 0.1) is 30.4 Å². The van der Waals surface area contributed by atoms with Crippen molar-refractivity contribution in [3.05, 3.63) is 70.4 Å². The Hall–Kier alpha value is -4.16. The number of halogens is 2. The number of aromatic nitrogens is 2. The number of carbonyl (C=O) groups is 2. The molecule has 242 valence electrons. The number of benzene rings is 2. The van der Waals surface area contributed by atoms with Crippen molar-refractivity contribution >= 4 is 44.7 Å². The lowest BCUT2D eigenvalue weighted by molar-refractivity contribution is 0.102. The summed E-state index contributed by atoms with van der Waals surface area (Å²) in [5.41, 5.74) is 0.997. The molecule has 0 aliphatic rings. The van der Waals surface area contributed by atoms with Crippen LogP contribution in [0.1, 0.15) is 65.8 Å². The van der Waals surface area contributed by atoms with Gasteiger partial charge in [0.2, 0.25) is 5.88 Å². The van der Waals surface area contributed by atoms with Crippen molar-refractivity contribution in [1.29, 1.82) is 0 Å². The predicted octanol–water partition coefficient (Wildman–Crippen LogP) is 7.89. The Bertz CT molecular complexity index is 1600. The molecule has 2 unspecified atom stereocenters. The number of hydrogen-bond acceptors (Lipinski definition) is 8. The quantitative estimate of drug-likeness (QED) is 0.162. The van der Waals surface area contributed by atoms with E-state index in [1.165, 1.54) is 63.1 Å². The summed E-state index contributed by atoms with van der Waals surface area (Å²) in [6.07, 6.45) is 5.23. The molecule has 2 atom stereocenters. The third-order valence-corrected chi connectivity index (χ3v) is 7.87.